The predicted octanol–water partition coefficient (Wildman–Crippen LogP) is 5.20. The Bertz CT molecular complexity index is 972. The van der Waals surface area contributed by atoms with Crippen LogP contribution in [0.3, 0.4) is 0 Å². The number of nitrogens with zero attached hydrogens (tertiary/aromatic N) is 3. The first kappa shape index (κ1) is 21.9. The molecule has 7 heteroatoms. The van der Waals surface area contributed by atoms with Crippen molar-refractivity contribution in [3.05, 3.63) is 52.6 Å². The number of pyridine rings is 1. The van der Waals surface area contributed by atoms with Crippen LogP contribution in [0.25, 0.3) is 6.08 Å². The standard InChI is InChI=1S/C23H27N3O3S/c1-5-7-13-29-18-12-11-17(14-19(18)28-4)15-20-22(27)26(6-2)23(30-20)25-21-10-8-9-16(3)24-21/h8-12,14-15H,5-7,13H2,1-4H3/b20-15-,25-23+. The average Bonchev–Trinajstić information content (AvgIpc) is 3.03. The van der Waals surface area contributed by atoms with Crippen molar-refractivity contribution >= 4 is 34.7 Å². The number of benzene rings is 1. The highest BCUT2D eigenvalue weighted by Crippen LogP contribution is 2.35. The van der Waals surface area contributed by atoms with Crippen molar-refractivity contribution in [3.63, 3.8) is 0 Å². The van der Waals surface area contributed by atoms with Crippen LogP contribution < -0.4 is 9.47 Å². The molecule has 1 amide bonds. The first-order valence-corrected chi connectivity index (χ1v) is 10.9. The third-order valence-corrected chi connectivity index (χ3v) is 5.54. The van der Waals surface area contributed by atoms with Gasteiger partial charge in [-0.25, -0.2) is 9.98 Å². The summed E-state index contributed by atoms with van der Waals surface area (Å²) >= 11 is 1.36. The topological polar surface area (TPSA) is 64.0 Å². The first-order valence-electron chi connectivity index (χ1n) is 10.1. The fourth-order valence-corrected chi connectivity index (χ4v) is 3.98. The Morgan fingerprint density at radius 3 is 2.73 bits per heavy atom. The molecule has 2 aromatic rings. The summed E-state index contributed by atoms with van der Waals surface area (Å²) in [5, 5.41) is 0.637. The van der Waals surface area contributed by atoms with E-state index in [1.807, 2.05) is 56.3 Å². The van der Waals surface area contributed by atoms with Gasteiger partial charge in [-0.15, -0.1) is 0 Å². The fourth-order valence-electron chi connectivity index (χ4n) is 2.93. The Labute approximate surface area is 182 Å². The number of amidine groups is 1. The number of carbonyl (C=O) groups excluding carboxylic acids is 1. The van der Waals surface area contributed by atoms with Gasteiger partial charge in [0.15, 0.2) is 22.5 Å². The fraction of sp³-hybridized carbons (Fsp3) is 0.348. The Hall–Kier alpha value is -2.80. The molecule has 0 spiro atoms. The number of unbranched alkanes of at least 4 members (excludes halogenated alkanes) is 1. The number of methoxy groups -OCH3 is 1. The monoisotopic (exact) mass is 425 g/mol. The quantitative estimate of drug-likeness (QED) is 0.430. The number of aryl methyl sites for hydroxylation is 1. The van der Waals surface area contributed by atoms with Crippen LogP contribution in [-0.4, -0.2) is 41.2 Å². The Balaban J connectivity index is 1.85. The molecule has 0 atom stereocenters. The number of hydrogen-bond acceptors (Lipinski definition) is 6. The Kier molecular flexibility index (Phi) is 7.52. The van der Waals surface area contributed by atoms with Gasteiger partial charge in [-0.05, 0) is 67.9 Å². The molecule has 0 unspecified atom stereocenters. The molecule has 1 fully saturated rings. The van der Waals surface area contributed by atoms with Gasteiger partial charge in [-0.2, -0.15) is 0 Å². The van der Waals surface area contributed by atoms with Gasteiger partial charge in [0.05, 0.1) is 18.6 Å². The molecule has 30 heavy (non-hydrogen) atoms. The molecule has 6 nitrogen and oxygen atoms in total. The molecule has 1 aliphatic rings. The van der Waals surface area contributed by atoms with Crippen molar-refractivity contribution in [2.45, 2.75) is 33.6 Å². The van der Waals surface area contributed by atoms with Crippen molar-refractivity contribution in [2.75, 3.05) is 20.3 Å². The van der Waals surface area contributed by atoms with Crippen LogP contribution in [0.15, 0.2) is 46.3 Å². The summed E-state index contributed by atoms with van der Waals surface area (Å²) in [6, 6.07) is 11.4. The van der Waals surface area contributed by atoms with Crippen molar-refractivity contribution < 1.29 is 14.3 Å². The number of ether oxygens (including phenoxy) is 2. The normalized spacial score (nSPS) is 16.5. The van der Waals surface area contributed by atoms with Gasteiger partial charge in [0.2, 0.25) is 0 Å². The van der Waals surface area contributed by atoms with E-state index in [-0.39, 0.29) is 5.91 Å². The van der Waals surface area contributed by atoms with Crippen LogP contribution in [0.5, 0.6) is 11.5 Å². The van der Waals surface area contributed by atoms with Gasteiger partial charge in [-0.3, -0.25) is 9.69 Å². The maximum absolute atomic E-state index is 12.9. The minimum absolute atomic E-state index is 0.0591. The van der Waals surface area contributed by atoms with Gasteiger partial charge >= 0.3 is 0 Å². The lowest BCUT2D eigenvalue weighted by Gasteiger charge is -2.12. The molecular formula is C23H27N3O3S. The van der Waals surface area contributed by atoms with Gasteiger partial charge in [0.1, 0.15) is 0 Å². The summed E-state index contributed by atoms with van der Waals surface area (Å²) in [6.45, 7) is 7.17. The van der Waals surface area contributed by atoms with Crippen LogP contribution >= 0.6 is 11.8 Å². The Morgan fingerprint density at radius 2 is 2.03 bits per heavy atom. The van der Waals surface area contributed by atoms with Crippen LogP contribution in [0.1, 0.15) is 37.9 Å². The van der Waals surface area contributed by atoms with E-state index in [9.17, 15) is 4.79 Å². The summed E-state index contributed by atoms with van der Waals surface area (Å²) in [7, 11) is 1.62. The van der Waals surface area contributed by atoms with Crippen molar-refractivity contribution in [3.8, 4) is 11.5 Å². The molecule has 158 valence electrons. The van der Waals surface area contributed by atoms with Crippen molar-refractivity contribution in [1.29, 1.82) is 0 Å². The second-order valence-corrected chi connectivity index (χ2v) is 7.81. The van der Waals surface area contributed by atoms with E-state index in [1.165, 1.54) is 11.8 Å². The number of aromatic nitrogens is 1. The highest BCUT2D eigenvalue weighted by atomic mass is 32.2. The highest BCUT2D eigenvalue weighted by Gasteiger charge is 2.32. The molecule has 0 N–H and O–H groups in total. The molecule has 1 aromatic carbocycles. The van der Waals surface area contributed by atoms with Crippen LogP contribution in [0.4, 0.5) is 5.82 Å². The predicted molar refractivity (Wildman–Crippen MR) is 122 cm³/mol. The largest absolute Gasteiger partial charge is 0.493 e. The number of likely N-dealkylation sites (N-methyl/N-ethyl adjacent to an activating group) is 1. The Morgan fingerprint density at radius 1 is 1.20 bits per heavy atom. The molecule has 0 radical (unpaired) electrons. The summed E-state index contributed by atoms with van der Waals surface area (Å²) in [4.78, 5) is 24.2. The van der Waals surface area contributed by atoms with Crippen LogP contribution in [-0.2, 0) is 4.79 Å². The molecule has 0 aliphatic carbocycles. The zero-order valence-electron chi connectivity index (χ0n) is 17.8. The first-order chi connectivity index (χ1) is 14.5. The number of aliphatic imine (C=N–C) groups is 1. The van der Waals surface area contributed by atoms with Crippen molar-refractivity contribution in [1.82, 2.24) is 9.88 Å². The lowest BCUT2D eigenvalue weighted by Crippen LogP contribution is -2.28. The summed E-state index contributed by atoms with van der Waals surface area (Å²) < 4.78 is 11.3. The van der Waals surface area contributed by atoms with Crippen molar-refractivity contribution in [2.24, 2.45) is 4.99 Å². The molecule has 0 saturated carbocycles. The van der Waals surface area contributed by atoms with Gasteiger partial charge < -0.3 is 9.47 Å². The second-order valence-electron chi connectivity index (χ2n) is 6.80. The zero-order valence-corrected chi connectivity index (χ0v) is 18.7. The van der Waals surface area contributed by atoms with E-state index in [0.29, 0.717) is 40.5 Å². The van der Waals surface area contributed by atoms with E-state index in [1.54, 1.807) is 12.0 Å². The second kappa shape index (κ2) is 10.3. The number of amides is 1. The molecule has 2 heterocycles. The number of hydrogen-bond donors (Lipinski definition) is 0. The highest BCUT2D eigenvalue weighted by molar-refractivity contribution is 8.18. The summed E-state index contributed by atoms with van der Waals surface area (Å²) in [6.07, 6.45) is 3.92. The maximum atomic E-state index is 12.9. The smallest absolute Gasteiger partial charge is 0.266 e. The van der Waals surface area contributed by atoms with E-state index < -0.39 is 0 Å². The number of thioether (sulfide) groups is 1. The van der Waals surface area contributed by atoms with E-state index in [0.717, 1.165) is 24.1 Å². The van der Waals surface area contributed by atoms with Gasteiger partial charge in [0, 0.05) is 12.2 Å². The average molecular weight is 426 g/mol. The van der Waals surface area contributed by atoms with Crippen LogP contribution in [0.2, 0.25) is 0 Å². The molecule has 0 bridgehead atoms. The van der Waals surface area contributed by atoms with Gasteiger partial charge in [0.25, 0.3) is 5.91 Å². The van der Waals surface area contributed by atoms with E-state index in [2.05, 4.69) is 16.9 Å². The molecule has 1 aliphatic heterocycles. The number of rotatable bonds is 8. The summed E-state index contributed by atoms with van der Waals surface area (Å²) in [5.41, 5.74) is 1.76. The number of carbonyl (C=O) groups is 1. The third kappa shape index (κ3) is 5.21. The molecular weight excluding hydrogens is 398 g/mol. The zero-order chi connectivity index (χ0) is 21.5. The lowest BCUT2D eigenvalue weighted by atomic mass is 10.2. The minimum Gasteiger partial charge on any atom is -0.493 e. The minimum atomic E-state index is -0.0591. The lowest BCUT2D eigenvalue weighted by molar-refractivity contribution is -0.122. The third-order valence-electron chi connectivity index (χ3n) is 4.53. The van der Waals surface area contributed by atoms with Crippen LogP contribution in [0, 0.1) is 6.92 Å². The maximum Gasteiger partial charge on any atom is 0.266 e. The van der Waals surface area contributed by atoms with E-state index in [4.69, 9.17) is 9.47 Å². The molecule has 1 aromatic heterocycles. The SMILES string of the molecule is CCCCOc1ccc(/C=C2\S/C(=N/c3cccc(C)n3)N(CC)C2=O)cc1OC. The van der Waals surface area contributed by atoms with E-state index >= 15 is 0 Å². The molecule has 1 saturated heterocycles. The molecule has 3 rings (SSSR count). The van der Waals surface area contributed by atoms with Gasteiger partial charge in [-0.1, -0.05) is 25.5 Å². The summed E-state index contributed by atoms with van der Waals surface area (Å²) in [5.74, 6) is 1.90.